The SMILES string of the molecule is C[C@H](NCc1nncn1C)c1ccncc1. The van der Waals surface area contributed by atoms with Crippen molar-refractivity contribution in [2.24, 2.45) is 7.05 Å². The molecule has 5 nitrogen and oxygen atoms in total. The van der Waals surface area contributed by atoms with Crippen molar-refractivity contribution >= 4 is 0 Å². The Labute approximate surface area is 94.5 Å². The highest BCUT2D eigenvalue weighted by Crippen LogP contribution is 2.10. The summed E-state index contributed by atoms with van der Waals surface area (Å²) in [6, 6.07) is 4.29. The normalized spacial score (nSPS) is 12.6. The highest BCUT2D eigenvalue weighted by atomic mass is 15.3. The van der Waals surface area contributed by atoms with Crippen molar-refractivity contribution in [1.82, 2.24) is 25.1 Å². The van der Waals surface area contributed by atoms with Crippen molar-refractivity contribution in [1.29, 1.82) is 0 Å². The molecule has 84 valence electrons. The first-order valence-corrected chi connectivity index (χ1v) is 5.23. The molecule has 0 spiro atoms. The van der Waals surface area contributed by atoms with E-state index in [-0.39, 0.29) is 6.04 Å². The fourth-order valence-electron chi connectivity index (χ4n) is 1.48. The first kappa shape index (κ1) is 10.8. The van der Waals surface area contributed by atoms with Gasteiger partial charge >= 0.3 is 0 Å². The van der Waals surface area contributed by atoms with Crippen molar-refractivity contribution in [3.63, 3.8) is 0 Å². The van der Waals surface area contributed by atoms with Gasteiger partial charge in [0.2, 0.25) is 0 Å². The van der Waals surface area contributed by atoms with Gasteiger partial charge < -0.3 is 9.88 Å². The third-order valence-corrected chi connectivity index (χ3v) is 2.58. The van der Waals surface area contributed by atoms with Crippen molar-refractivity contribution in [2.75, 3.05) is 0 Å². The molecular weight excluding hydrogens is 202 g/mol. The summed E-state index contributed by atoms with van der Waals surface area (Å²) in [4.78, 5) is 4.00. The molecule has 0 aromatic carbocycles. The monoisotopic (exact) mass is 217 g/mol. The van der Waals surface area contributed by atoms with E-state index in [4.69, 9.17) is 0 Å². The largest absolute Gasteiger partial charge is 0.320 e. The Morgan fingerprint density at radius 2 is 2.12 bits per heavy atom. The van der Waals surface area contributed by atoms with Crippen LogP contribution in [0, 0.1) is 0 Å². The molecule has 0 fully saturated rings. The van der Waals surface area contributed by atoms with Gasteiger partial charge in [0.25, 0.3) is 0 Å². The Morgan fingerprint density at radius 1 is 1.38 bits per heavy atom. The van der Waals surface area contributed by atoms with Crippen LogP contribution in [0.3, 0.4) is 0 Å². The van der Waals surface area contributed by atoms with Crippen LogP contribution in [0.25, 0.3) is 0 Å². The van der Waals surface area contributed by atoms with Gasteiger partial charge in [0.15, 0.2) is 0 Å². The molecule has 0 saturated carbocycles. The van der Waals surface area contributed by atoms with Crippen LogP contribution >= 0.6 is 0 Å². The number of pyridine rings is 1. The molecular formula is C11H15N5. The third-order valence-electron chi connectivity index (χ3n) is 2.58. The van der Waals surface area contributed by atoms with Crippen molar-refractivity contribution in [3.8, 4) is 0 Å². The maximum Gasteiger partial charge on any atom is 0.146 e. The summed E-state index contributed by atoms with van der Waals surface area (Å²) in [6.07, 6.45) is 5.31. The molecule has 0 aliphatic heterocycles. The molecule has 0 aliphatic rings. The van der Waals surface area contributed by atoms with E-state index in [2.05, 4.69) is 27.4 Å². The minimum Gasteiger partial charge on any atom is -0.320 e. The Kier molecular flexibility index (Phi) is 3.26. The lowest BCUT2D eigenvalue weighted by Gasteiger charge is -2.13. The molecule has 1 atom stereocenters. The minimum atomic E-state index is 0.278. The Hall–Kier alpha value is -1.75. The summed E-state index contributed by atoms with van der Waals surface area (Å²) in [5.41, 5.74) is 1.22. The average Bonchev–Trinajstić information content (AvgIpc) is 2.73. The third kappa shape index (κ3) is 2.43. The second-order valence-electron chi connectivity index (χ2n) is 3.74. The zero-order valence-corrected chi connectivity index (χ0v) is 9.46. The highest BCUT2D eigenvalue weighted by Gasteiger charge is 2.06. The van der Waals surface area contributed by atoms with Crippen molar-refractivity contribution in [3.05, 3.63) is 42.2 Å². The van der Waals surface area contributed by atoms with E-state index in [1.54, 1.807) is 18.7 Å². The summed E-state index contributed by atoms with van der Waals surface area (Å²) in [6.45, 7) is 2.83. The lowest BCUT2D eigenvalue weighted by molar-refractivity contribution is 0.548. The zero-order valence-electron chi connectivity index (χ0n) is 9.46. The number of aryl methyl sites for hydroxylation is 1. The summed E-state index contributed by atoms with van der Waals surface area (Å²) < 4.78 is 1.91. The molecule has 2 rings (SSSR count). The number of hydrogen-bond donors (Lipinski definition) is 1. The van der Waals surface area contributed by atoms with E-state index in [9.17, 15) is 0 Å². The van der Waals surface area contributed by atoms with Gasteiger partial charge in [-0.15, -0.1) is 10.2 Å². The van der Waals surface area contributed by atoms with E-state index in [0.29, 0.717) is 6.54 Å². The molecule has 0 bridgehead atoms. The number of hydrogen-bond acceptors (Lipinski definition) is 4. The van der Waals surface area contributed by atoms with Crippen LogP contribution in [0.5, 0.6) is 0 Å². The lowest BCUT2D eigenvalue weighted by atomic mass is 10.1. The first-order valence-electron chi connectivity index (χ1n) is 5.23. The quantitative estimate of drug-likeness (QED) is 0.832. The van der Waals surface area contributed by atoms with E-state index < -0.39 is 0 Å². The second kappa shape index (κ2) is 4.85. The van der Waals surface area contributed by atoms with Crippen LogP contribution in [-0.2, 0) is 13.6 Å². The summed E-state index contributed by atoms with van der Waals surface area (Å²) >= 11 is 0. The maximum atomic E-state index is 4.02. The molecule has 16 heavy (non-hydrogen) atoms. The fourth-order valence-corrected chi connectivity index (χ4v) is 1.48. The van der Waals surface area contributed by atoms with Crippen LogP contribution in [0.4, 0.5) is 0 Å². The van der Waals surface area contributed by atoms with Crippen LogP contribution in [0.1, 0.15) is 24.4 Å². The average molecular weight is 217 g/mol. The van der Waals surface area contributed by atoms with E-state index in [1.165, 1.54) is 5.56 Å². The molecule has 2 aromatic heterocycles. The molecule has 0 unspecified atom stereocenters. The standard InChI is InChI=1S/C11H15N5/c1-9(10-3-5-12-6-4-10)13-7-11-15-14-8-16(11)2/h3-6,8-9,13H,7H2,1-2H3/t9-/m0/s1. The predicted molar refractivity (Wildman–Crippen MR) is 60.5 cm³/mol. The Balaban J connectivity index is 1.94. The number of nitrogens with one attached hydrogen (secondary N) is 1. The van der Waals surface area contributed by atoms with Crippen LogP contribution in [-0.4, -0.2) is 19.7 Å². The van der Waals surface area contributed by atoms with Gasteiger partial charge in [-0.1, -0.05) is 0 Å². The maximum absolute atomic E-state index is 4.02. The second-order valence-corrected chi connectivity index (χ2v) is 3.74. The van der Waals surface area contributed by atoms with E-state index in [1.807, 2.05) is 23.7 Å². The molecule has 1 N–H and O–H groups in total. The molecule has 2 aromatic rings. The van der Waals surface area contributed by atoms with Gasteiger partial charge in [-0.3, -0.25) is 4.98 Å². The minimum absolute atomic E-state index is 0.278. The van der Waals surface area contributed by atoms with Gasteiger partial charge in [-0.25, -0.2) is 0 Å². The lowest BCUT2D eigenvalue weighted by Crippen LogP contribution is -2.20. The molecule has 2 heterocycles. The van der Waals surface area contributed by atoms with Gasteiger partial charge in [0.05, 0.1) is 6.54 Å². The summed E-state index contributed by atoms with van der Waals surface area (Å²) in [7, 11) is 1.94. The molecule has 0 radical (unpaired) electrons. The fraction of sp³-hybridized carbons (Fsp3) is 0.364. The number of nitrogens with zero attached hydrogens (tertiary/aromatic N) is 4. The zero-order chi connectivity index (χ0) is 11.4. The molecule has 0 saturated heterocycles. The molecule has 5 heteroatoms. The predicted octanol–water partition coefficient (Wildman–Crippen LogP) is 1.06. The van der Waals surface area contributed by atoms with E-state index in [0.717, 1.165) is 5.82 Å². The number of aromatic nitrogens is 4. The van der Waals surface area contributed by atoms with E-state index >= 15 is 0 Å². The number of rotatable bonds is 4. The molecule has 0 aliphatic carbocycles. The van der Waals surface area contributed by atoms with Crippen molar-refractivity contribution < 1.29 is 0 Å². The van der Waals surface area contributed by atoms with Crippen LogP contribution < -0.4 is 5.32 Å². The van der Waals surface area contributed by atoms with Gasteiger partial charge in [-0.2, -0.15) is 0 Å². The summed E-state index contributed by atoms with van der Waals surface area (Å²) in [5, 5.41) is 11.2. The van der Waals surface area contributed by atoms with Crippen LogP contribution in [0.2, 0.25) is 0 Å². The molecule has 0 amide bonds. The first-order chi connectivity index (χ1) is 7.77. The Morgan fingerprint density at radius 3 is 2.75 bits per heavy atom. The summed E-state index contributed by atoms with van der Waals surface area (Å²) in [5.74, 6) is 0.931. The topological polar surface area (TPSA) is 55.6 Å². The Bertz CT molecular complexity index is 437. The van der Waals surface area contributed by atoms with Gasteiger partial charge in [0, 0.05) is 25.5 Å². The van der Waals surface area contributed by atoms with Crippen molar-refractivity contribution in [2.45, 2.75) is 19.5 Å². The van der Waals surface area contributed by atoms with Gasteiger partial charge in [-0.05, 0) is 24.6 Å². The van der Waals surface area contributed by atoms with Gasteiger partial charge in [0.1, 0.15) is 12.2 Å². The highest BCUT2D eigenvalue weighted by molar-refractivity contribution is 5.13. The van der Waals surface area contributed by atoms with Crippen LogP contribution in [0.15, 0.2) is 30.9 Å². The smallest absolute Gasteiger partial charge is 0.146 e.